The Morgan fingerprint density at radius 3 is 2.50 bits per heavy atom. The van der Waals surface area contributed by atoms with E-state index in [1.807, 2.05) is 12.1 Å². The van der Waals surface area contributed by atoms with Crippen LogP contribution in [-0.4, -0.2) is 44.2 Å². The fourth-order valence-corrected chi connectivity index (χ4v) is 2.70. The summed E-state index contributed by atoms with van der Waals surface area (Å²) in [5.74, 6) is 0.633. The van der Waals surface area contributed by atoms with Gasteiger partial charge in [-0.3, -0.25) is 4.90 Å². The summed E-state index contributed by atoms with van der Waals surface area (Å²) in [6.45, 7) is 4.66. The normalized spacial score (nSPS) is 15.8. The second kappa shape index (κ2) is 6.66. The number of carbonyl (C=O) groups excluding carboxylic acids is 1. The molecule has 1 saturated heterocycles. The molecule has 0 radical (unpaired) electrons. The zero-order chi connectivity index (χ0) is 15.4. The number of esters is 1. The van der Waals surface area contributed by atoms with Crippen molar-refractivity contribution in [3.05, 3.63) is 54.0 Å². The fourth-order valence-electron chi connectivity index (χ4n) is 2.70. The first-order valence-corrected chi connectivity index (χ1v) is 7.45. The van der Waals surface area contributed by atoms with E-state index in [-0.39, 0.29) is 5.76 Å². The summed E-state index contributed by atoms with van der Waals surface area (Å²) >= 11 is 0. The number of carbonyl (C=O) groups is 1. The number of piperazine rings is 1. The first kappa shape index (κ1) is 14.7. The molecular weight excluding hydrogens is 280 g/mol. The standard InChI is InChI=1S/C17H20N2O3/c1-21-17(20)16-8-7-15(22-16)13-18-9-11-19(12-10-18)14-5-3-2-4-6-14/h2-8H,9-13H2,1H3. The second-order valence-corrected chi connectivity index (χ2v) is 5.36. The van der Waals surface area contributed by atoms with E-state index in [9.17, 15) is 4.79 Å². The van der Waals surface area contributed by atoms with Gasteiger partial charge in [0.2, 0.25) is 5.76 Å². The first-order chi connectivity index (χ1) is 10.8. The molecule has 22 heavy (non-hydrogen) atoms. The summed E-state index contributed by atoms with van der Waals surface area (Å²) in [6.07, 6.45) is 0. The minimum atomic E-state index is -0.430. The third-order valence-corrected chi connectivity index (χ3v) is 3.92. The van der Waals surface area contributed by atoms with E-state index in [1.165, 1.54) is 12.8 Å². The summed E-state index contributed by atoms with van der Waals surface area (Å²) in [7, 11) is 1.35. The van der Waals surface area contributed by atoms with Crippen molar-refractivity contribution in [1.29, 1.82) is 0 Å². The van der Waals surface area contributed by atoms with Crippen LogP contribution < -0.4 is 4.90 Å². The second-order valence-electron chi connectivity index (χ2n) is 5.36. The van der Waals surface area contributed by atoms with Gasteiger partial charge in [0.25, 0.3) is 0 Å². The molecule has 1 aliphatic rings. The topological polar surface area (TPSA) is 45.9 Å². The van der Waals surface area contributed by atoms with E-state index < -0.39 is 5.97 Å². The zero-order valence-electron chi connectivity index (χ0n) is 12.7. The van der Waals surface area contributed by atoms with Gasteiger partial charge in [-0.15, -0.1) is 0 Å². The van der Waals surface area contributed by atoms with Gasteiger partial charge in [0.15, 0.2) is 0 Å². The highest BCUT2D eigenvalue weighted by atomic mass is 16.5. The van der Waals surface area contributed by atoms with Crippen molar-refractivity contribution in [2.75, 3.05) is 38.2 Å². The Hall–Kier alpha value is -2.27. The molecule has 2 aromatic rings. The van der Waals surface area contributed by atoms with Crippen molar-refractivity contribution in [2.45, 2.75) is 6.54 Å². The largest absolute Gasteiger partial charge is 0.463 e. The van der Waals surface area contributed by atoms with Gasteiger partial charge in [0.1, 0.15) is 5.76 Å². The molecule has 5 nitrogen and oxygen atoms in total. The van der Waals surface area contributed by atoms with Gasteiger partial charge in [-0.2, -0.15) is 0 Å². The van der Waals surface area contributed by atoms with Crippen LogP contribution in [0.1, 0.15) is 16.3 Å². The average Bonchev–Trinajstić information content (AvgIpc) is 3.04. The number of rotatable bonds is 4. The van der Waals surface area contributed by atoms with Gasteiger partial charge < -0.3 is 14.1 Å². The van der Waals surface area contributed by atoms with Gasteiger partial charge in [-0.1, -0.05) is 18.2 Å². The predicted octanol–water partition coefficient (Wildman–Crippen LogP) is 2.39. The maximum Gasteiger partial charge on any atom is 0.373 e. The van der Waals surface area contributed by atoms with Crippen molar-refractivity contribution in [2.24, 2.45) is 0 Å². The maximum atomic E-state index is 11.4. The quantitative estimate of drug-likeness (QED) is 0.811. The van der Waals surface area contributed by atoms with Crippen LogP contribution in [0.5, 0.6) is 0 Å². The number of anilines is 1. The molecule has 1 aliphatic heterocycles. The molecule has 0 saturated carbocycles. The van der Waals surface area contributed by atoms with Gasteiger partial charge in [0, 0.05) is 31.9 Å². The molecule has 5 heteroatoms. The third kappa shape index (κ3) is 3.31. The van der Waals surface area contributed by atoms with Crippen LogP contribution in [-0.2, 0) is 11.3 Å². The lowest BCUT2D eigenvalue weighted by Gasteiger charge is -2.35. The number of para-hydroxylation sites is 1. The summed E-state index contributed by atoms with van der Waals surface area (Å²) in [5.41, 5.74) is 1.27. The molecule has 0 aliphatic carbocycles. The Bertz CT molecular complexity index is 616. The molecule has 0 bridgehead atoms. The molecule has 3 rings (SSSR count). The van der Waals surface area contributed by atoms with Gasteiger partial charge >= 0.3 is 5.97 Å². The summed E-state index contributed by atoms with van der Waals surface area (Å²) in [5, 5.41) is 0. The smallest absolute Gasteiger partial charge is 0.373 e. The Morgan fingerprint density at radius 2 is 1.82 bits per heavy atom. The molecule has 0 amide bonds. The molecular formula is C17H20N2O3. The van der Waals surface area contributed by atoms with Gasteiger partial charge in [-0.05, 0) is 24.3 Å². The number of methoxy groups -OCH3 is 1. The molecule has 0 unspecified atom stereocenters. The number of ether oxygens (including phenoxy) is 1. The highest BCUT2D eigenvalue weighted by Crippen LogP contribution is 2.17. The van der Waals surface area contributed by atoms with Crippen LogP contribution >= 0.6 is 0 Å². The predicted molar refractivity (Wildman–Crippen MR) is 84.0 cm³/mol. The van der Waals surface area contributed by atoms with Crippen molar-refractivity contribution in [3.8, 4) is 0 Å². The maximum absolute atomic E-state index is 11.4. The van der Waals surface area contributed by atoms with Crippen LogP contribution in [0.25, 0.3) is 0 Å². The number of hydrogen-bond donors (Lipinski definition) is 0. The van der Waals surface area contributed by atoms with E-state index in [4.69, 9.17) is 4.42 Å². The zero-order valence-corrected chi connectivity index (χ0v) is 12.7. The van der Waals surface area contributed by atoms with Crippen LogP contribution in [0.4, 0.5) is 5.69 Å². The van der Waals surface area contributed by atoms with Crippen LogP contribution in [0.15, 0.2) is 46.9 Å². The average molecular weight is 300 g/mol. The number of benzene rings is 1. The van der Waals surface area contributed by atoms with E-state index in [1.54, 1.807) is 6.07 Å². The monoisotopic (exact) mass is 300 g/mol. The number of nitrogens with zero attached hydrogens (tertiary/aromatic N) is 2. The van der Waals surface area contributed by atoms with E-state index in [0.717, 1.165) is 38.5 Å². The summed E-state index contributed by atoms with van der Waals surface area (Å²) in [4.78, 5) is 16.1. The highest BCUT2D eigenvalue weighted by molar-refractivity contribution is 5.86. The molecule has 0 atom stereocenters. The van der Waals surface area contributed by atoms with Crippen LogP contribution in [0.3, 0.4) is 0 Å². The lowest BCUT2D eigenvalue weighted by Crippen LogP contribution is -2.45. The lowest BCUT2D eigenvalue weighted by molar-refractivity contribution is 0.0561. The van der Waals surface area contributed by atoms with E-state index in [0.29, 0.717) is 0 Å². The molecule has 2 heterocycles. The first-order valence-electron chi connectivity index (χ1n) is 7.45. The Morgan fingerprint density at radius 1 is 1.09 bits per heavy atom. The van der Waals surface area contributed by atoms with Crippen LogP contribution in [0, 0.1) is 0 Å². The third-order valence-electron chi connectivity index (χ3n) is 3.92. The van der Waals surface area contributed by atoms with Gasteiger partial charge in [0.05, 0.1) is 13.7 Å². The molecule has 1 fully saturated rings. The molecule has 116 valence electrons. The molecule has 1 aromatic carbocycles. The Kier molecular flexibility index (Phi) is 4.44. The SMILES string of the molecule is COC(=O)c1ccc(CN2CCN(c3ccccc3)CC2)o1. The van der Waals surface area contributed by atoms with Crippen molar-refractivity contribution in [3.63, 3.8) is 0 Å². The minimum absolute atomic E-state index is 0.264. The molecule has 0 spiro atoms. The summed E-state index contributed by atoms with van der Waals surface area (Å²) < 4.78 is 10.2. The fraction of sp³-hybridized carbons (Fsp3) is 0.353. The number of furan rings is 1. The molecule has 1 aromatic heterocycles. The van der Waals surface area contributed by atoms with Crippen molar-refractivity contribution < 1.29 is 13.9 Å². The Labute approximate surface area is 130 Å². The summed E-state index contributed by atoms with van der Waals surface area (Å²) in [6, 6.07) is 14.0. The Balaban J connectivity index is 1.54. The van der Waals surface area contributed by atoms with Gasteiger partial charge in [-0.25, -0.2) is 4.79 Å². The van der Waals surface area contributed by atoms with E-state index >= 15 is 0 Å². The minimum Gasteiger partial charge on any atom is -0.463 e. The van der Waals surface area contributed by atoms with Crippen LogP contribution in [0.2, 0.25) is 0 Å². The van der Waals surface area contributed by atoms with E-state index in [2.05, 4.69) is 38.8 Å². The van der Waals surface area contributed by atoms with Crippen molar-refractivity contribution >= 4 is 11.7 Å². The number of hydrogen-bond acceptors (Lipinski definition) is 5. The molecule has 0 N–H and O–H groups in total. The van der Waals surface area contributed by atoms with Crippen molar-refractivity contribution in [1.82, 2.24) is 4.90 Å². The lowest BCUT2D eigenvalue weighted by atomic mass is 10.2. The highest BCUT2D eigenvalue weighted by Gasteiger charge is 2.19.